The predicted octanol–water partition coefficient (Wildman–Crippen LogP) is 4.64. The Balaban J connectivity index is 1.89. The Morgan fingerprint density at radius 1 is 1.16 bits per heavy atom. The van der Waals surface area contributed by atoms with Crippen LogP contribution < -0.4 is 10.1 Å². The molecule has 0 bridgehead atoms. The highest BCUT2D eigenvalue weighted by atomic mass is 79.9. The maximum absolute atomic E-state index is 5.91. The molecule has 1 unspecified atom stereocenters. The summed E-state index contributed by atoms with van der Waals surface area (Å²) in [4.78, 5) is 0. The molecule has 2 aromatic rings. The third-order valence-electron chi connectivity index (χ3n) is 2.78. The van der Waals surface area contributed by atoms with Gasteiger partial charge in [0.15, 0.2) is 0 Å². The normalized spacial score (nSPS) is 11.9. The quantitative estimate of drug-likeness (QED) is 0.867. The van der Waals surface area contributed by atoms with Gasteiger partial charge in [-0.1, -0.05) is 24.3 Å². The van der Waals surface area contributed by atoms with Gasteiger partial charge in [0.05, 0.1) is 11.0 Å². The summed E-state index contributed by atoms with van der Waals surface area (Å²) in [5.74, 6) is 0.882. The van der Waals surface area contributed by atoms with E-state index in [0.29, 0.717) is 0 Å². The van der Waals surface area contributed by atoms with Gasteiger partial charge >= 0.3 is 0 Å². The molecule has 0 amide bonds. The molecule has 0 aliphatic carbocycles. The summed E-state index contributed by atoms with van der Waals surface area (Å²) in [6.45, 7) is 4.89. The van der Waals surface area contributed by atoms with Crippen molar-refractivity contribution in [3.63, 3.8) is 0 Å². The van der Waals surface area contributed by atoms with Crippen molar-refractivity contribution >= 4 is 21.6 Å². The van der Waals surface area contributed by atoms with E-state index >= 15 is 0 Å². The van der Waals surface area contributed by atoms with Crippen LogP contribution in [0.1, 0.15) is 12.5 Å². The SMILES string of the molecule is Cc1ccc(OC(C)CNc2ccccc2)c(Br)c1. The average Bonchev–Trinajstić information content (AvgIpc) is 2.41. The molecular formula is C16H18BrNO. The third-order valence-corrected chi connectivity index (χ3v) is 3.40. The van der Waals surface area contributed by atoms with Crippen LogP contribution >= 0.6 is 15.9 Å². The third kappa shape index (κ3) is 4.28. The number of anilines is 1. The molecule has 1 N–H and O–H groups in total. The van der Waals surface area contributed by atoms with Crippen LogP contribution in [0.2, 0.25) is 0 Å². The first kappa shape index (κ1) is 13.9. The Morgan fingerprint density at radius 2 is 1.89 bits per heavy atom. The number of halogens is 1. The zero-order chi connectivity index (χ0) is 13.7. The lowest BCUT2D eigenvalue weighted by Crippen LogP contribution is -2.22. The molecule has 0 radical (unpaired) electrons. The molecule has 0 saturated heterocycles. The van der Waals surface area contributed by atoms with Crippen LogP contribution in [0.3, 0.4) is 0 Å². The lowest BCUT2D eigenvalue weighted by molar-refractivity contribution is 0.233. The molecule has 2 nitrogen and oxygen atoms in total. The minimum absolute atomic E-state index is 0.0965. The van der Waals surface area contributed by atoms with E-state index in [2.05, 4.69) is 59.4 Å². The van der Waals surface area contributed by atoms with Crippen molar-refractivity contribution in [2.24, 2.45) is 0 Å². The van der Waals surface area contributed by atoms with Crippen LogP contribution in [-0.2, 0) is 0 Å². The molecule has 2 aromatic carbocycles. The van der Waals surface area contributed by atoms with E-state index in [-0.39, 0.29) is 6.10 Å². The lowest BCUT2D eigenvalue weighted by Gasteiger charge is -2.17. The number of ether oxygens (including phenoxy) is 1. The van der Waals surface area contributed by atoms with Crippen molar-refractivity contribution in [2.75, 3.05) is 11.9 Å². The van der Waals surface area contributed by atoms with Gasteiger partial charge in [0.2, 0.25) is 0 Å². The second kappa shape index (κ2) is 6.62. The molecule has 0 saturated carbocycles. The summed E-state index contributed by atoms with van der Waals surface area (Å²) in [5, 5.41) is 3.36. The molecule has 0 heterocycles. The van der Waals surface area contributed by atoms with Gasteiger partial charge in [-0.2, -0.15) is 0 Å². The van der Waals surface area contributed by atoms with Gasteiger partial charge < -0.3 is 10.1 Å². The number of aryl methyl sites for hydroxylation is 1. The molecule has 0 spiro atoms. The molecule has 3 heteroatoms. The van der Waals surface area contributed by atoms with Crippen molar-refractivity contribution in [3.8, 4) is 5.75 Å². The molecule has 2 rings (SSSR count). The van der Waals surface area contributed by atoms with Crippen molar-refractivity contribution in [1.29, 1.82) is 0 Å². The molecule has 0 aromatic heterocycles. The highest BCUT2D eigenvalue weighted by Crippen LogP contribution is 2.26. The van der Waals surface area contributed by atoms with E-state index in [0.717, 1.165) is 22.5 Å². The minimum Gasteiger partial charge on any atom is -0.488 e. The second-order valence-electron chi connectivity index (χ2n) is 4.61. The molecule has 19 heavy (non-hydrogen) atoms. The molecule has 100 valence electrons. The van der Waals surface area contributed by atoms with Crippen molar-refractivity contribution < 1.29 is 4.74 Å². The lowest BCUT2D eigenvalue weighted by atomic mass is 10.2. The van der Waals surface area contributed by atoms with Crippen LogP contribution in [0.25, 0.3) is 0 Å². The first-order valence-corrected chi connectivity index (χ1v) is 7.16. The summed E-state index contributed by atoms with van der Waals surface area (Å²) in [7, 11) is 0. The van der Waals surface area contributed by atoms with Crippen LogP contribution in [0.4, 0.5) is 5.69 Å². The highest BCUT2D eigenvalue weighted by Gasteiger charge is 2.07. The van der Waals surface area contributed by atoms with E-state index in [1.54, 1.807) is 0 Å². The Hall–Kier alpha value is -1.48. The first-order valence-electron chi connectivity index (χ1n) is 6.37. The number of benzene rings is 2. The summed E-state index contributed by atoms with van der Waals surface area (Å²) < 4.78 is 6.91. The van der Waals surface area contributed by atoms with E-state index < -0.39 is 0 Å². The zero-order valence-corrected chi connectivity index (χ0v) is 12.8. The standard InChI is InChI=1S/C16H18BrNO/c1-12-8-9-16(15(17)10-12)19-13(2)11-18-14-6-4-3-5-7-14/h3-10,13,18H,11H2,1-2H3. The fraction of sp³-hybridized carbons (Fsp3) is 0.250. The van der Waals surface area contributed by atoms with Gasteiger partial charge in [0.25, 0.3) is 0 Å². The average molecular weight is 320 g/mol. The van der Waals surface area contributed by atoms with Crippen LogP contribution in [0.5, 0.6) is 5.75 Å². The van der Waals surface area contributed by atoms with E-state index in [1.807, 2.05) is 24.3 Å². The Labute approximate surface area is 122 Å². The monoisotopic (exact) mass is 319 g/mol. The largest absolute Gasteiger partial charge is 0.488 e. The summed E-state index contributed by atoms with van der Waals surface area (Å²) >= 11 is 3.53. The van der Waals surface area contributed by atoms with Gasteiger partial charge in [-0.15, -0.1) is 0 Å². The summed E-state index contributed by atoms with van der Waals surface area (Å²) in [5.41, 5.74) is 2.33. The number of para-hydroxylation sites is 1. The fourth-order valence-corrected chi connectivity index (χ4v) is 2.36. The number of hydrogen-bond acceptors (Lipinski definition) is 2. The Morgan fingerprint density at radius 3 is 2.58 bits per heavy atom. The van der Waals surface area contributed by atoms with Crippen LogP contribution in [0, 0.1) is 6.92 Å². The maximum atomic E-state index is 5.91. The highest BCUT2D eigenvalue weighted by molar-refractivity contribution is 9.10. The van der Waals surface area contributed by atoms with Crippen molar-refractivity contribution in [1.82, 2.24) is 0 Å². The van der Waals surface area contributed by atoms with Gasteiger partial charge in [-0.3, -0.25) is 0 Å². The maximum Gasteiger partial charge on any atom is 0.133 e. The van der Waals surface area contributed by atoms with E-state index in [1.165, 1.54) is 5.56 Å². The molecule has 1 atom stereocenters. The molecule has 0 fully saturated rings. The van der Waals surface area contributed by atoms with Crippen LogP contribution in [-0.4, -0.2) is 12.6 Å². The van der Waals surface area contributed by atoms with Gasteiger partial charge in [0.1, 0.15) is 11.9 Å². The van der Waals surface area contributed by atoms with E-state index in [9.17, 15) is 0 Å². The van der Waals surface area contributed by atoms with Crippen molar-refractivity contribution in [3.05, 3.63) is 58.6 Å². The van der Waals surface area contributed by atoms with Gasteiger partial charge in [-0.25, -0.2) is 0 Å². The van der Waals surface area contributed by atoms with Gasteiger partial charge in [-0.05, 0) is 59.6 Å². The number of hydrogen-bond donors (Lipinski definition) is 1. The minimum atomic E-state index is 0.0965. The Kier molecular flexibility index (Phi) is 4.86. The summed E-state index contributed by atoms with van der Waals surface area (Å²) in [6.07, 6.45) is 0.0965. The molecule has 0 aliphatic heterocycles. The Bertz CT molecular complexity index is 528. The number of nitrogens with one attached hydrogen (secondary N) is 1. The smallest absolute Gasteiger partial charge is 0.133 e. The fourth-order valence-electron chi connectivity index (χ4n) is 1.78. The molecule has 0 aliphatic rings. The molecular weight excluding hydrogens is 302 g/mol. The first-order chi connectivity index (χ1) is 9.15. The zero-order valence-electron chi connectivity index (χ0n) is 11.2. The second-order valence-corrected chi connectivity index (χ2v) is 5.46. The predicted molar refractivity (Wildman–Crippen MR) is 83.9 cm³/mol. The topological polar surface area (TPSA) is 21.3 Å². The summed E-state index contributed by atoms with van der Waals surface area (Å²) in [6, 6.07) is 16.3. The van der Waals surface area contributed by atoms with Crippen LogP contribution in [0.15, 0.2) is 53.0 Å². The van der Waals surface area contributed by atoms with Crippen molar-refractivity contribution in [2.45, 2.75) is 20.0 Å². The van der Waals surface area contributed by atoms with Gasteiger partial charge in [0, 0.05) is 5.69 Å². The van der Waals surface area contributed by atoms with E-state index in [4.69, 9.17) is 4.74 Å². The number of rotatable bonds is 5.